The molecule has 1 aliphatic heterocycles. The average Bonchev–Trinajstić information content (AvgIpc) is 3.12. The van der Waals surface area contributed by atoms with E-state index < -0.39 is 9.73 Å². The molecule has 0 bridgehead atoms. The molecule has 2 amide bonds. The first-order valence-corrected chi connectivity index (χ1v) is 10.4. The van der Waals surface area contributed by atoms with Crippen LogP contribution in [0.15, 0.2) is 53.4 Å². The Morgan fingerprint density at radius 2 is 1.85 bits per heavy atom. The summed E-state index contributed by atoms with van der Waals surface area (Å²) in [4.78, 5) is 14.7. The standard InChI is InChI=1S/C19H23N3O3S/c1-25-17-7-3-14(4-8-17)15-11-12-22(13-15)19(23)21-16-5-9-18(10-6-16)26(2,20)24/h3-10,15,20H,11-13H2,1-2H3,(H,21,23). The van der Waals surface area contributed by atoms with E-state index in [1.165, 1.54) is 11.8 Å². The van der Waals surface area contributed by atoms with Gasteiger partial charge in [-0.25, -0.2) is 13.8 Å². The summed E-state index contributed by atoms with van der Waals surface area (Å²) in [5.41, 5.74) is 1.84. The zero-order valence-corrected chi connectivity index (χ0v) is 15.7. The van der Waals surface area contributed by atoms with E-state index in [2.05, 4.69) is 5.32 Å². The van der Waals surface area contributed by atoms with Crippen LogP contribution in [0.25, 0.3) is 0 Å². The number of likely N-dealkylation sites (tertiary alicyclic amines) is 1. The lowest BCUT2D eigenvalue weighted by atomic mass is 9.98. The summed E-state index contributed by atoms with van der Waals surface area (Å²) in [6.07, 6.45) is 2.31. The molecule has 1 heterocycles. The van der Waals surface area contributed by atoms with Crippen LogP contribution in [0, 0.1) is 4.78 Å². The summed E-state index contributed by atoms with van der Waals surface area (Å²) in [6, 6.07) is 14.4. The third-order valence-electron chi connectivity index (χ3n) is 4.62. The van der Waals surface area contributed by atoms with Crippen LogP contribution in [0.1, 0.15) is 17.9 Å². The molecule has 0 saturated carbocycles. The SMILES string of the molecule is COc1ccc(C2CCN(C(=O)Nc3ccc(S(C)(=N)=O)cc3)C2)cc1. The van der Waals surface area contributed by atoms with Crippen LogP contribution in [-0.4, -0.2) is 41.6 Å². The van der Waals surface area contributed by atoms with Gasteiger partial charge in [-0.1, -0.05) is 12.1 Å². The molecule has 2 atom stereocenters. The van der Waals surface area contributed by atoms with Crippen molar-refractivity contribution in [3.8, 4) is 5.75 Å². The molecule has 2 aromatic rings. The van der Waals surface area contributed by atoms with Gasteiger partial charge < -0.3 is 15.0 Å². The molecule has 3 rings (SSSR count). The van der Waals surface area contributed by atoms with Crippen molar-refractivity contribution in [3.63, 3.8) is 0 Å². The number of urea groups is 1. The lowest BCUT2D eigenvalue weighted by Crippen LogP contribution is -2.32. The Kier molecular flexibility index (Phi) is 5.18. The first-order valence-electron chi connectivity index (χ1n) is 8.40. The molecule has 26 heavy (non-hydrogen) atoms. The number of ether oxygens (including phenoxy) is 1. The Hall–Kier alpha value is -2.54. The highest BCUT2D eigenvalue weighted by Gasteiger charge is 2.27. The van der Waals surface area contributed by atoms with E-state index in [1.54, 1.807) is 36.3 Å². The summed E-state index contributed by atoms with van der Waals surface area (Å²) >= 11 is 0. The van der Waals surface area contributed by atoms with Gasteiger partial charge in [0.25, 0.3) is 0 Å². The quantitative estimate of drug-likeness (QED) is 0.856. The van der Waals surface area contributed by atoms with Crippen LogP contribution < -0.4 is 10.1 Å². The summed E-state index contributed by atoms with van der Waals surface area (Å²) < 4.78 is 24.5. The fraction of sp³-hybridized carbons (Fsp3) is 0.316. The Balaban J connectivity index is 1.60. The Morgan fingerprint density at radius 1 is 1.19 bits per heavy atom. The summed E-state index contributed by atoms with van der Waals surface area (Å²) in [7, 11) is -1.09. The minimum atomic E-state index is -2.74. The van der Waals surface area contributed by atoms with Crippen molar-refractivity contribution in [1.29, 1.82) is 4.78 Å². The predicted octanol–water partition coefficient (Wildman–Crippen LogP) is 3.75. The lowest BCUT2D eigenvalue weighted by Gasteiger charge is -2.18. The molecule has 1 saturated heterocycles. The second kappa shape index (κ2) is 7.37. The zero-order chi connectivity index (χ0) is 18.7. The maximum atomic E-state index is 12.5. The minimum Gasteiger partial charge on any atom is -0.497 e. The molecule has 0 aromatic heterocycles. The number of amides is 2. The Labute approximate surface area is 154 Å². The highest BCUT2D eigenvalue weighted by Crippen LogP contribution is 2.29. The molecule has 2 unspecified atom stereocenters. The second-order valence-electron chi connectivity index (χ2n) is 6.50. The average molecular weight is 373 g/mol. The Bertz CT molecular complexity index is 877. The fourth-order valence-electron chi connectivity index (χ4n) is 3.09. The van der Waals surface area contributed by atoms with Crippen LogP contribution in [0.4, 0.5) is 10.5 Å². The van der Waals surface area contributed by atoms with Crippen molar-refractivity contribution in [3.05, 3.63) is 54.1 Å². The molecular formula is C19H23N3O3S. The van der Waals surface area contributed by atoms with Gasteiger partial charge in [0.15, 0.2) is 0 Å². The Morgan fingerprint density at radius 3 is 2.42 bits per heavy atom. The highest BCUT2D eigenvalue weighted by molar-refractivity contribution is 7.91. The van der Waals surface area contributed by atoms with Crippen LogP contribution in [0.5, 0.6) is 5.75 Å². The van der Waals surface area contributed by atoms with Gasteiger partial charge >= 0.3 is 6.03 Å². The van der Waals surface area contributed by atoms with E-state index >= 15 is 0 Å². The maximum absolute atomic E-state index is 12.5. The summed E-state index contributed by atoms with van der Waals surface area (Å²) in [6.45, 7) is 1.38. The maximum Gasteiger partial charge on any atom is 0.321 e. The molecule has 1 fully saturated rings. The first kappa shape index (κ1) is 18.3. The largest absolute Gasteiger partial charge is 0.497 e. The topological polar surface area (TPSA) is 82.5 Å². The van der Waals surface area contributed by atoms with E-state index in [0.717, 1.165) is 12.2 Å². The minimum absolute atomic E-state index is 0.142. The number of rotatable bonds is 4. The molecule has 0 aliphatic carbocycles. The van der Waals surface area contributed by atoms with Crippen LogP contribution >= 0.6 is 0 Å². The van der Waals surface area contributed by atoms with Gasteiger partial charge in [0.2, 0.25) is 0 Å². The number of hydrogen-bond donors (Lipinski definition) is 2. The number of benzene rings is 2. The zero-order valence-electron chi connectivity index (χ0n) is 14.9. The number of methoxy groups -OCH3 is 1. The van der Waals surface area contributed by atoms with Gasteiger partial charge in [-0.05, 0) is 48.4 Å². The molecule has 2 N–H and O–H groups in total. The molecule has 7 heteroatoms. The first-order chi connectivity index (χ1) is 12.4. The number of carbonyl (C=O) groups excluding carboxylic acids is 1. The molecule has 1 aliphatic rings. The molecule has 138 valence electrons. The number of nitrogens with zero attached hydrogens (tertiary/aromatic N) is 1. The smallest absolute Gasteiger partial charge is 0.321 e. The second-order valence-corrected chi connectivity index (χ2v) is 8.66. The van der Waals surface area contributed by atoms with E-state index in [0.29, 0.717) is 29.6 Å². The fourth-order valence-corrected chi connectivity index (χ4v) is 3.75. The van der Waals surface area contributed by atoms with Gasteiger partial charge in [0, 0.05) is 35.8 Å². The van der Waals surface area contributed by atoms with Crippen LogP contribution in [-0.2, 0) is 9.73 Å². The normalized spacial score (nSPS) is 19.0. The van der Waals surface area contributed by atoms with Crippen molar-refractivity contribution < 1.29 is 13.7 Å². The number of carbonyl (C=O) groups is 1. The third kappa shape index (κ3) is 4.16. The van der Waals surface area contributed by atoms with Crippen molar-refractivity contribution in [1.82, 2.24) is 4.90 Å². The van der Waals surface area contributed by atoms with Gasteiger partial charge in [-0.2, -0.15) is 0 Å². The van der Waals surface area contributed by atoms with E-state index in [9.17, 15) is 9.00 Å². The van der Waals surface area contributed by atoms with Crippen molar-refractivity contribution >= 4 is 21.4 Å². The van der Waals surface area contributed by atoms with Gasteiger partial charge in [0.1, 0.15) is 5.75 Å². The molecule has 0 spiro atoms. The monoisotopic (exact) mass is 373 g/mol. The summed E-state index contributed by atoms with van der Waals surface area (Å²) in [5, 5.41) is 2.87. The predicted molar refractivity (Wildman–Crippen MR) is 102 cm³/mol. The number of hydrogen-bond acceptors (Lipinski definition) is 4. The highest BCUT2D eigenvalue weighted by atomic mass is 32.2. The van der Waals surface area contributed by atoms with E-state index in [-0.39, 0.29) is 6.03 Å². The van der Waals surface area contributed by atoms with Gasteiger partial charge in [-0.15, -0.1) is 0 Å². The van der Waals surface area contributed by atoms with Crippen LogP contribution in [0.2, 0.25) is 0 Å². The van der Waals surface area contributed by atoms with Crippen molar-refractivity contribution in [2.75, 3.05) is 31.8 Å². The molecule has 2 aromatic carbocycles. The van der Waals surface area contributed by atoms with Gasteiger partial charge in [0.05, 0.1) is 16.8 Å². The molecule has 0 radical (unpaired) electrons. The van der Waals surface area contributed by atoms with Crippen LogP contribution in [0.3, 0.4) is 0 Å². The molecule has 6 nitrogen and oxygen atoms in total. The van der Waals surface area contributed by atoms with Crippen molar-refractivity contribution in [2.45, 2.75) is 17.2 Å². The van der Waals surface area contributed by atoms with Gasteiger partial charge in [-0.3, -0.25) is 0 Å². The number of anilines is 1. The molecular weight excluding hydrogens is 350 g/mol. The lowest BCUT2D eigenvalue weighted by molar-refractivity contribution is 0.222. The van der Waals surface area contributed by atoms with Crippen molar-refractivity contribution in [2.24, 2.45) is 0 Å². The van der Waals surface area contributed by atoms with E-state index in [4.69, 9.17) is 9.52 Å². The number of nitrogens with one attached hydrogen (secondary N) is 2. The summed E-state index contributed by atoms with van der Waals surface area (Å²) in [5.74, 6) is 1.15. The van der Waals surface area contributed by atoms with E-state index in [1.807, 2.05) is 24.3 Å². The third-order valence-corrected chi connectivity index (χ3v) is 5.79.